The Morgan fingerprint density at radius 1 is 1.15 bits per heavy atom. The largest absolute Gasteiger partial charge is 0.477 e. The minimum Gasteiger partial charge on any atom is -0.477 e. The van der Waals surface area contributed by atoms with E-state index in [0.29, 0.717) is 6.42 Å². The summed E-state index contributed by atoms with van der Waals surface area (Å²) in [5.74, 6) is -2.74. The summed E-state index contributed by atoms with van der Waals surface area (Å²) in [6.07, 6.45) is 4.63. The predicted octanol–water partition coefficient (Wildman–Crippen LogP) is 1.66. The molecule has 2 N–H and O–H groups in total. The highest BCUT2D eigenvalue weighted by Gasteiger charge is 2.14. The Morgan fingerprint density at radius 2 is 1.69 bits per heavy atom. The van der Waals surface area contributed by atoms with Crippen LogP contribution >= 0.6 is 0 Å². The van der Waals surface area contributed by atoms with E-state index in [4.69, 9.17) is 10.2 Å². The van der Waals surface area contributed by atoms with Gasteiger partial charge >= 0.3 is 11.9 Å². The van der Waals surface area contributed by atoms with Gasteiger partial charge in [-0.05, 0) is 12.8 Å². The second kappa shape index (κ2) is 6.22. The SMILES string of the molecule is CCCCCC=C(C(=O)O)C(=O)O. The van der Waals surface area contributed by atoms with E-state index in [0.717, 1.165) is 19.3 Å². The number of carbonyl (C=O) groups is 2. The maximum atomic E-state index is 10.4. The van der Waals surface area contributed by atoms with Crippen LogP contribution in [-0.2, 0) is 9.59 Å². The van der Waals surface area contributed by atoms with Crippen LogP contribution in [-0.4, -0.2) is 22.2 Å². The molecule has 0 aromatic carbocycles. The van der Waals surface area contributed by atoms with Crippen molar-refractivity contribution in [3.8, 4) is 0 Å². The lowest BCUT2D eigenvalue weighted by molar-refractivity contribution is -0.140. The molecule has 0 aromatic heterocycles. The molecule has 0 saturated heterocycles. The summed E-state index contributed by atoms with van der Waals surface area (Å²) in [6, 6.07) is 0. The molecular formula is C9H14O4. The fourth-order valence-corrected chi connectivity index (χ4v) is 0.907. The molecule has 74 valence electrons. The van der Waals surface area contributed by atoms with Gasteiger partial charge in [-0.25, -0.2) is 9.59 Å². The van der Waals surface area contributed by atoms with E-state index in [1.165, 1.54) is 6.08 Å². The van der Waals surface area contributed by atoms with Crippen molar-refractivity contribution >= 4 is 11.9 Å². The van der Waals surface area contributed by atoms with Crippen molar-refractivity contribution in [3.63, 3.8) is 0 Å². The highest BCUT2D eigenvalue weighted by molar-refractivity contribution is 6.12. The van der Waals surface area contributed by atoms with Crippen LogP contribution in [0.15, 0.2) is 11.6 Å². The van der Waals surface area contributed by atoms with E-state index >= 15 is 0 Å². The van der Waals surface area contributed by atoms with Crippen molar-refractivity contribution in [1.29, 1.82) is 0 Å². The predicted molar refractivity (Wildman–Crippen MR) is 47.5 cm³/mol. The molecule has 0 radical (unpaired) electrons. The minimum atomic E-state index is -1.37. The van der Waals surface area contributed by atoms with Gasteiger partial charge in [0, 0.05) is 0 Å². The Labute approximate surface area is 76.9 Å². The third-order valence-corrected chi connectivity index (χ3v) is 1.62. The number of allylic oxidation sites excluding steroid dienone is 1. The molecule has 4 heteroatoms. The summed E-state index contributed by atoms with van der Waals surface area (Å²) in [4.78, 5) is 20.7. The average molecular weight is 186 g/mol. The fraction of sp³-hybridized carbons (Fsp3) is 0.556. The first-order valence-electron chi connectivity index (χ1n) is 4.26. The van der Waals surface area contributed by atoms with Crippen molar-refractivity contribution in [1.82, 2.24) is 0 Å². The topological polar surface area (TPSA) is 74.6 Å². The Bertz CT molecular complexity index is 202. The van der Waals surface area contributed by atoms with Crippen LogP contribution in [0.1, 0.15) is 32.6 Å². The highest BCUT2D eigenvalue weighted by Crippen LogP contribution is 2.04. The second-order valence-corrected chi connectivity index (χ2v) is 2.72. The van der Waals surface area contributed by atoms with Crippen LogP contribution in [0.25, 0.3) is 0 Å². The van der Waals surface area contributed by atoms with Gasteiger partial charge in [-0.1, -0.05) is 25.8 Å². The number of carboxylic acids is 2. The van der Waals surface area contributed by atoms with E-state index in [-0.39, 0.29) is 0 Å². The Morgan fingerprint density at radius 3 is 2.08 bits per heavy atom. The number of hydrogen-bond donors (Lipinski definition) is 2. The minimum absolute atomic E-state index is 0.516. The van der Waals surface area contributed by atoms with Crippen molar-refractivity contribution in [2.45, 2.75) is 32.6 Å². The van der Waals surface area contributed by atoms with Gasteiger partial charge in [0.15, 0.2) is 0 Å². The first kappa shape index (κ1) is 11.7. The lowest BCUT2D eigenvalue weighted by Crippen LogP contribution is -2.10. The van der Waals surface area contributed by atoms with E-state index in [1.54, 1.807) is 0 Å². The van der Waals surface area contributed by atoms with Gasteiger partial charge in [-0.3, -0.25) is 0 Å². The molecule has 0 amide bonds. The van der Waals surface area contributed by atoms with Gasteiger partial charge < -0.3 is 10.2 Å². The molecule has 0 rings (SSSR count). The van der Waals surface area contributed by atoms with Crippen LogP contribution in [0.4, 0.5) is 0 Å². The Hall–Kier alpha value is -1.32. The summed E-state index contributed by atoms with van der Waals surface area (Å²) in [6.45, 7) is 2.03. The maximum absolute atomic E-state index is 10.4. The van der Waals surface area contributed by atoms with E-state index in [1.807, 2.05) is 6.92 Å². The standard InChI is InChI=1S/C9H14O4/c1-2-3-4-5-6-7(8(10)11)9(12)13/h6H,2-5H2,1H3,(H,10,11)(H,12,13). The fourth-order valence-electron chi connectivity index (χ4n) is 0.907. The molecule has 0 fully saturated rings. The first-order chi connectivity index (χ1) is 6.09. The molecule has 13 heavy (non-hydrogen) atoms. The van der Waals surface area contributed by atoms with Gasteiger partial charge in [0.05, 0.1) is 0 Å². The molecule has 0 bridgehead atoms. The molecule has 0 aromatic rings. The lowest BCUT2D eigenvalue weighted by atomic mass is 10.1. The van der Waals surface area contributed by atoms with Gasteiger partial charge in [0.25, 0.3) is 0 Å². The molecule has 0 spiro atoms. The zero-order chi connectivity index (χ0) is 10.3. The number of aliphatic carboxylic acids is 2. The summed E-state index contributed by atoms with van der Waals surface area (Å²) in [5.41, 5.74) is -0.531. The number of unbranched alkanes of at least 4 members (excludes halogenated alkanes) is 3. The molecule has 0 atom stereocenters. The monoisotopic (exact) mass is 186 g/mol. The van der Waals surface area contributed by atoms with Crippen LogP contribution in [0.3, 0.4) is 0 Å². The Kier molecular flexibility index (Phi) is 5.59. The zero-order valence-corrected chi connectivity index (χ0v) is 7.62. The second-order valence-electron chi connectivity index (χ2n) is 2.72. The molecule has 4 nitrogen and oxygen atoms in total. The van der Waals surface area contributed by atoms with E-state index in [9.17, 15) is 9.59 Å². The summed E-state index contributed by atoms with van der Waals surface area (Å²) in [7, 11) is 0. The quantitative estimate of drug-likeness (QED) is 0.286. The van der Waals surface area contributed by atoms with Crippen molar-refractivity contribution < 1.29 is 19.8 Å². The maximum Gasteiger partial charge on any atom is 0.342 e. The van der Waals surface area contributed by atoms with Gasteiger partial charge in [0.2, 0.25) is 0 Å². The number of carboxylic acid groups (broad SMARTS) is 2. The number of hydrogen-bond acceptors (Lipinski definition) is 2. The zero-order valence-electron chi connectivity index (χ0n) is 7.62. The average Bonchev–Trinajstić information content (AvgIpc) is 2.02. The molecule has 0 aliphatic carbocycles. The third-order valence-electron chi connectivity index (χ3n) is 1.62. The van der Waals surface area contributed by atoms with Crippen LogP contribution in [0.2, 0.25) is 0 Å². The van der Waals surface area contributed by atoms with Gasteiger partial charge in [0.1, 0.15) is 5.57 Å². The van der Waals surface area contributed by atoms with Crippen LogP contribution in [0, 0.1) is 0 Å². The summed E-state index contributed by atoms with van der Waals surface area (Å²) in [5, 5.41) is 16.9. The molecular weight excluding hydrogens is 172 g/mol. The first-order valence-corrected chi connectivity index (χ1v) is 4.26. The smallest absolute Gasteiger partial charge is 0.342 e. The van der Waals surface area contributed by atoms with Gasteiger partial charge in [-0.15, -0.1) is 0 Å². The lowest BCUT2D eigenvalue weighted by Gasteiger charge is -1.95. The summed E-state index contributed by atoms with van der Waals surface area (Å²) >= 11 is 0. The summed E-state index contributed by atoms with van der Waals surface area (Å²) < 4.78 is 0. The van der Waals surface area contributed by atoms with E-state index < -0.39 is 17.5 Å². The van der Waals surface area contributed by atoms with E-state index in [2.05, 4.69) is 0 Å². The molecule has 0 aliphatic heterocycles. The normalized spacial score (nSPS) is 9.31. The third kappa shape index (κ3) is 5.00. The Balaban J connectivity index is 4.06. The molecule has 0 unspecified atom stereocenters. The van der Waals surface area contributed by atoms with Crippen molar-refractivity contribution in [2.75, 3.05) is 0 Å². The van der Waals surface area contributed by atoms with Crippen molar-refractivity contribution in [3.05, 3.63) is 11.6 Å². The van der Waals surface area contributed by atoms with Crippen LogP contribution < -0.4 is 0 Å². The highest BCUT2D eigenvalue weighted by atomic mass is 16.4. The van der Waals surface area contributed by atoms with Crippen LogP contribution in [0.5, 0.6) is 0 Å². The molecule has 0 aliphatic rings. The molecule has 0 saturated carbocycles. The number of rotatable bonds is 6. The van der Waals surface area contributed by atoms with Crippen molar-refractivity contribution in [2.24, 2.45) is 0 Å². The van der Waals surface area contributed by atoms with Gasteiger partial charge in [-0.2, -0.15) is 0 Å². The molecule has 0 heterocycles.